The highest BCUT2D eigenvalue weighted by molar-refractivity contribution is 5.69. The van der Waals surface area contributed by atoms with Gasteiger partial charge >= 0.3 is 5.97 Å². The van der Waals surface area contributed by atoms with Crippen LogP contribution in [0.15, 0.2) is 48.8 Å². The van der Waals surface area contributed by atoms with Crippen molar-refractivity contribution in [3.05, 3.63) is 65.5 Å². The first-order chi connectivity index (χ1) is 9.63. The van der Waals surface area contributed by atoms with Crippen molar-refractivity contribution in [1.82, 2.24) is 0 Å². The van der Waals surface area contributed by atoms with Crippen LogP contribution in [0.4, 0.5) is 0 Å². The maximum Gasteiger partial charge on any atom is 0.309 e. The van der Waals surface area contributed by atoms with E-state index in [0.29, 0.717) is 6.54 Å². The Morgan fingerprint density at radius 3 is 2.50 bits per heavy atom. The molecule has 3 heteroatoms. The van der Waals surface area contributed by atoms with Crippen molar-refractivity contribution in [2.75, 3.05) is 0 Å². The number of benzene rings is 1. The molecule has 1 aromatic heterocycles. The zero-order valence-electron chi connectivity index (χ0n) is 11.5. The van der Waals surface area contributed by atoms with Gasteiger partial charge in [-0.05, 0) is 18.1 Å². The normalized spacial score (nSPS) is 10.8. The van der Waals surface area contributed by atoms with Crippen LogP contribution in [0.2, 0.25) is 0 Å². The van der Waals surface area contributed by atoms with E-state index < -0.39 is 5.97 Å². The van der Waals surface area contributed by atoms with Crippen molar-refractivity contribution in [3.63, 3.8) is 0 Å². The molecule has 0 saturated carbocycles. The fraction of sp³-hybridized carbons (Fsp3) is 0.176. The average molecular weight is 268 g/mol. The van der Waals surface area contributed by atoms with Gasteiger partial charge in [-0.3, -0.25) is 4.79 Å². The van der Waals surface area contributed by atoms with Gasteiger partial charge in [-0.2, -0.15) is 0 Å². The van der Waals surface area contributed by atoms with Gasteiger partial charge in [0.15, 0.2) is 18.9 Å². The number of hydrogen-bond acceptors (Lipinski definition) is 1. The monoisotopic (exact) mass is 268 g/mol. The van der Waals surface area contributed by atoms with Crippen LogP contribution >= 0.6 is 0 Å². The molecule has 102 valence electrons. The summed E-state index contributed by atoms with van der Waals surface area (Å²) in [6.07, 6.45) is 8.07. The van der Waals surface area contributed by atoms with Gasteiger partial charge in [0.25, 0.3) is 0 Å². The summed E-state index contributed by atoms with van der Waals surface area (Å²) in [7, 11) is 0. The molecule has 2 rings (SSSR count). The second-order valence-corrected chi connectivity index (χ2v) is 4.76. The highest BCUT2D eigenvalue weighted by Crippen LogP contribution is 2.09. The van der Waals surface area contributed by atoms with E-state index in [0.717, 1.165) is 5.56 Å². The topological polar surface area (TPSA) is 41.2 Å². The minimum absolute atomic E-state index is 0.142. The minimum atomic E-state index is -0.777. The lowest BCUT2D eigenvalue weighted by atomic mass is 10.1. The molecule has 0 spiro atoms. The quantitative estimate of drug-likeness (QED) is 0.847. The second-order valence-electron chi connectivity index (χ2n) is 4.76. The smallest absolute Gasteiger partial charge is 0.309 e. The Bertz CT molecular complexity index is 615. The molecule has 0 aliphatic carbocycles. The molecule has 0 radical (unpaired) electrons. The Morgan fingerprint density at radius 2 is 1.85 bits per heavy atom. The maximum atomic E-state index is 10.5. The Labute approximate surface area is 118 Å². The molecule has 20 heavy (non-hydrogen) atoms. The highest BCUT2D eigenvalue weighted by Gasteiger charge is 2.03. The van der Waals surface area contributed by atoms with Crippen LogP contribution in [0.5, 0.6) is 0 Å². The van der Waals surface area contributed by atoms with Crippen LogP contribution in [-0.4, -0.2) is 11.1 Å². The summed E-state index contributed by atoms with van der Waals surface area (Å²) in [5.41, 5.74) is 3.51. The SMILES string of the molecule is Cc1cccc(/C=C\c2cc[n+](CCC(=O)O)cc2)c1. The summed E-state index contributed by atoms with van der Waals surface area (Å²) in [5.74, 6) is -0.777. The van der Waals surface area contributed by atoms with Crippen molar-refractivity contribution in [2.24, 2.45) is 0 Å². The van der Waals surface area contributed by atoms with Gasteiger partial charge in [-0.1, -0.05) is 42.0 Å². The van der Waals surface area contributed by atoms with E-state index in [1.54, 1.807) is 0 Å². The number of carboxylic acid groups (broad SMARTS) is 1. The fourth-order valence-corrected chi connectivity index (χ4v) is 1.92. The number of nitrogens with zero attached hydrogens (tertiary/aromatic N) is 1. The number of carbonyl (C=O) groups is 1. The van der Waals surface area contributed by atoms with Crippen LogP contribution in [0.1, 0.15) is 23.1 Å². The summed E-state index contributed by atoms with van der Waals surface area (Å²) in [6.45, 7) is 2.57. The van der Waals surface area contributed by atoms with Crippen molar-refractivity contribution in [2.45, 2.75) is 19.9 Å². The summed E-state index contributed by atoms with van der Waals surface area (Å²) in [6, 6.07) is 12.3. The lowest BCUT2D eigenvalue weighted by Gasteiger charge is -1.97. The molecular formula is C17H18NO2+. The van der Waals surface area contributed by atoms with Crippen molar-refractivity contribution in [1.29, 1.82) is 0 Å². The van der Waals surface area contributed by atoms with Crippen LogP contribution in [0.25, 0.3) is 12.2 Å². The van der Waals surface area contributed by atoms with Gasteiger partial charge in [-0.25, -0.2) is 4.57 Å². The first kappa shape index (κ1) is 14.0. The predicted molar refractivity (Wildman–Crippen MR) is 79.0 cm³/mol. The van der Waals surface area contributed by atoms with Gasteiger partial charge in [0.2, 0.25) is 0 Å². The van der Waals surface area contributed by atoms with E-state index in [2.05, 4.69) is 37.3 Å². The third kappa shape index (κ3) is 4.35. The first-order valence-corrected chi connectivity index (χ1v) is 6.59. The summed E-state index contributed by atoms with van der Waals surface area (Å²) in [4.78, 5) is 10.5. The van der Waals surface area contributed by atoms with Crippen LogP contribution in [0.3, 0.4) is 0 Å². The van der Waals surface area contributed by atoms with Gasteiger partial charge in [0.05, 0.1) is 0 Å². The van der Waals surface area contributed by atoms with Crippen molar-refractivity contribution in [3.8, 4) is 0 Å². The molecule has 1 heterocycles. The number of aromatic nitrogens is 1. The van der Waals surface area contributed by atoms with Gasteiger partial charge in [-0.15, -0.1) is 0 Å². The molecular weight excluding hydrogens is 250 g/mol. The van der Waals surface area contributed by atoms with E-state index in [4.69, 9.17) is 5.11 Å². The minimum Gasteiger partial charge on any atom is -0.481 e. The van der Waals surface area contributed by atoms with Crippen LogP contribution in [-0.2, 0) is 11.3 Å². The number of pyridine rings is 1. The molecule has 1 aromatic carbocycles. The van der Waals surface area contributed by atoms with E-state index in [1.807, 2.05) is 35.2 Å². The Hall–Kier alpha value is -2.42. The standard InChI is InChI=1S/C17H17NO2/c1-14-3-2-4-16(13-14)6-5-15-7-10-18(11-8-15)12-9-17(19)20/h2-8,10-11,13H,9,12H2,1H3/p+1/b6-5-. The molecule has 0 amide bonds. The van der Waals surface area contributed by atoms with Gasteiger partial charge in [0.1, 0.15) is 6.42 Å². The Morgan fingerprint density at radius 1 is 1.15 bits per heavy atom. The number of hydrogen-bond donors (Lipinski definition) is 1. The number of carboxylic acids is 1. The molecule has 0 saturated heterocycles. The summed E-state index contributed by atoms with van der Waals surface area (Å²) >= 11 is 0. The van der Waals surface area contributed by atoms with Crippen molar-refractivity contribution < 1.29 is 14.5 Å². The van der Waals surface area contributed by atoms with Crippen LogP contribution < -0.4 is 4.57 Å². The van der Waals surface area contributed by atoms with Gasteiger partial charge in [0, 0.05) is 12.1 Å². The Balaban J connectivity index is 2.01. The van der Waals surface area contributed by atoms with E-state index >= 15 is 0 Å². The number of rotatable bonds is 5. The average Bonchev–Trinajstić information content (AvgIpc) is 2.44. The number of aliphatic carboxylic acids is 1. The third-order valence-electron chi connectivity index (χ3n) is 3.01. The zero-order chi connectivity index (χ0) is 14.4. The molecule has 0 bridgehead atoms. The molecule has 0 atom stereocenters. The summed E-state index contributed by atoms with van der Waals surface area (Å²) < 4.78 is 1.87. The molecule has 0 aliphatic rings. The third-order valence-corrected chi connectivity index (χ3v) is 3.01. The molecule has 0 fully saturated rings. The number of aryl methyl sites for hydroxylation is 2. The molecule has 0 aliphatic heterocycles. The van der Waals surface area contributed by atoms with Gasteiger partial charge < -0.3 is 5.11 Å². The second kappa shape index (κ2) is 6.66. The fourth-order valence-electron chi connectivity index (χ4n) is 1.92. The van der Waals surface area contributed by atoms with Crippen molar-refractivity contribution >= 4 is 18.1 Å². The predicted octanol–water partition coefficient (Wildman–Crippen LogP) is 2.93. The first-order valence-electron chi connectivity index (χ1n) is 6.59. The zero-order valence-corrected chi connectivity index (χ0v) is 11.5. The van der Waals surface area contributed by atoms with Crippen LogP contribution in [0, 0.1) is 6.92 Å². The summed E-state index contributed by atoms with van der Waals surface area (Å²) in [5, 5.41) is 8.64. The van der Waals surface area contributed by atoms with E-state index in [1.165, 1.54) is 11.1 Å². The molecule has 1 N–H and O–H groups in total. The molecule has 3 nitrogen and oxygen atoms in total. The Kier molecular flexibility index (Phi) is 4.66. The molecule has 2 aromatic rings. The maximum absolute atomic E-state index is 10.5. The molecule has 0 unspecified atom stereocenters. The lowest BCUT2D eigenvalue weighted by Crippen LogP contribution is -2.33. The van der Waals surface area contributed by atoms with E-state index in [-0.39, 0.29) is 6.42 Å². The van der Waals surface area contributed by atoms with E-state index in [9.17, 15) is 4.79 Å². The lowest BCUT2D eigenvalue weighted by molar-refractivity contribution is -0.696. The largest absolute Gasteiger partial charge is 0.481 e. The highest BCUT2D eigenvalue weighted by atomic mass is 16.4.